The van der Waals surface area contributed by atoms with E-state index in [2.05, 4.69) is 115 Å². The lowest BCUT2D eigenvalue weighted by molar-refractivity contribution is 1.11. The van der Waals surface area contributed by atoms with Gasteiger partial charge in [0.25, 0.3) is 0 Å². The van der Waals surface area contributed by atoms with Crippen molar-refractivity contribution in [3.8, 4) is 17.1 Å². The lowest BCUT2D eigenvalue weighted by Gasteiger charge is -2.12. The minimum atomic E-state index is 0.937. The molecule has 0 saturated carbocycles. The first kappa shape index (κ1) is 18.3. The van der Waals surface area contributed by atoms with Crippen LogP contribution in [-0.4, -0.2) is 9.55 Å². The van der Waals surface area contributed by atoms with Crippen molar-refractivity contribution in [3.05, 3.63) is 92.5 Å². The second kappa shape index (κ2) is 7.05. The fourth-order valence-corrected chi connectivity index (χ4v) is 7.00. The van der Waals surface area contributed by atoms with E-state index in [0.717, 1.165) is 35.7 Å². The molecule has 0 unspecified atom stereocenters. The Bertz CT molecular complexity index is 1560. The summed E-state index contributed by atoms with van der Waals surface area (Å²) in [5.41, 5.74) is 4.35. The minimum Gasteiger partial charge on any atom is -0.292 e. The van der Waals surface area contributed by atoms with Gasteiger partial charge < -0.3 is 0 Å². The highest BCUT2D eigenvalue weighted by molar-refractivity contribution is 9.12. The van der Waals surface area contributed by atoms with Gasteiger partial charge in [-0.25, -0.2) is 4.98 Å². The van der Waals surface area contributed by atoms with E-state index in [4.69, 9.17) is 4.98 Å². The Hall–Kier alpha value is -2.47. The fourth-order valence-electron chi connectivity index (χ4n) is 4.21. The molecule has 2 aromatic heterocycles. The first-order chi connectivity index (χ1) is 14.7. The second-order valence-electron chi connectivity index (χ2n) is 7.13. The molecule has 0 atom stereocenters. The van der Waals surface area contributed by atoms with Crippen LogP contribution in [0.4, 0.5) is 0 Å². The van der Waals surface area contributed by atoms with Gasteiger partial charge in [0.05, 0.1) is 18.6 Å². The Kier molecular flexibility index (Phi) is 4.30. The highest BCUT2D eigenvalue weighted by Crippen LogP contribution is 2.43. The van der Waals surface area contributed by atoms with Gasteiger partial charge in [-0.2, -0.15) is 0 Å². The Morgan fingerprint density at radius 2 is 1.30 bits per heavy atom. The van der Waals surface area contributed by atoms with Crippen LogP contribution in [0.5, 0.6) is 0 Å². The second-order valence-corrected chi connectivity index (χ2v) is 10.9. The number of halogens is 2. The van der Waals surface area contributed by atoms with Crippen LogP contribution in [0.2, 0.25) is 0 Å². The van der Waals surface area contributed by atoms with Gasteiger partial charge in [0.15, 0.2) is 0 Å². The summed E-state index contributed by atoms with van der Waals surface area (Å²) in [7, 11) is 0. The molecule has 0 radical (unpaired) electrons. The Balaban J connectivity index is 1.90. The Morgan fingerprint density at radius 3 is 1.97 bits per heavy atom. The molecule has 0 aliphatic rings. The maximum Gasteiger partial charge on any atom is 0.147 e. The molecular formula is C25H14Br2N2S. The van der Waals surface area contributed by atoms with Gasteiger partial charge in [-0.3, -0.25) is 4.57 Å². The molecule has 144 valence electrons. The highest BCUT2D eigenvalue weighted by atomic mass is 79.9. The van der Waals surface area contributed by atoms with Gasteiger partial charge in [0, 0.05) is 22.0 Å². The van der Waals surface area contributed by atoms with Gasteiger partial charge in [-0.15, -0.1) is 11.3 Å². The Labute approximate surface area is 194 Å². The number of imidazole rings is 1. The van der Waals surface area contributed by atoms with Crippen LogP contribution in [0.3, 0.4) is 0 Å². The maximum atomic E-state index is 5.23. The summed E-state index contributed by atoms with van der Waals surface area (Å²) in [6.07, 6.45) is 0. The van der Waals surface area contributed by atoms with E-state index in [-0.39, 0.29) is 0 Å². The Morgan fingerprint density at radius 1 is 0.700 bits per heavy atom. The van der Waals surface area contributed by atoms with E-state index in [9.17, 15) is 0 Å². The molecule has 0 spiro atoms. The average molecular weight is 534 g/mol. The standard InChI is InChI=1S/C25H14Br2N2S/c26-21-14-20(24(27)30-21)25-28-22-18-12-6-4-10-16(18)17-11-5-7-13-19(17)23(22)29(25)15-8-2-1-3-9-15/h1-14H. The number of nitrogens with zero attached hydrogens (tertiary/aromatic N) is 2. The summed E-state index contributed by atoms with van der Waals surface area (Å²) in [6, 6.07) is 29.8. The number of thiophene rings is 1. The fraction of sp³-hybridized carbons (Fsp3) is 0. The molecule has 2 nitrogen and oxygen atoms in total. The van der Waals surface area contributed by atoms with Gasteiger partial charge in [0.1, 0.15) is 5.82 Å². The number of hydrogen-bond donors (Lipinski definition) is 0. The third kappa shape index (κ3) is 2.69. The summed E-state index contributed by atoms with van der Waals surface area (Å²) in [5, 5.41) is 4.86. The van der Waals surface area contributed by atoms with E-state index < -0.39 is 0 Å². The summed E-state index contributed by atoms with van der Waals surface area (Å²) >= 11 is 9.05. The monoisotopic (exact) mass is 532 g/mol. The minimum absolute atomic E-state index is 0.937. The largest absolute Gasteiger partial charge is 0.292 e. The quantitative estimate of drug-likeness (QED) is 0.204. The molecular weight excluding hydrogens is 520 g/mol. The average Bonchev–Trinajstić information content (AvgIpc) is 3.34. The summed E-state index contributed by atoms with van der Waals surface area (Å²) in [6.45, 7) is 0. The molecule has 0 bridgehead atoms. The summed E-state index contributed by atoms with van der Waals surface area (Å²) in [5.74, 6) is 0.937. The van der Waals surface area contributed by atoms with Crippen molar-refractivity contribution in [3.63, 3.8) is 0 Å². The van der Waals surface area contributed by atoms with Crippen molar-refractivity contribution in [1.29, 1.82) is 0 Å². The van der Waals surface area contributed by atoms with Crippen LogP contribution in [-0.2, 0) is 0 Å². The van der Waals surface area contributed by atoms with Crippen LogP contribution in [0.15, 0.2) is 92.5 Å². The van der Waals surface area contributed by atoms with E-state index in [1.54, 1.807) is 11.3 Å². The van der Waals surface area contributed by atoms with Crippen LogP contribution < -0.4 is 0 Å². The van der Waals surface area contributed by atoms with Crippen LogP contribution in [0.1, 0.15) is 0 Å². The number of benzene rings is 4. The van der Waals surface area contributed by atoms with Crippen molar-refractivity contribution in [2.75, 3.05) is 0 Å². The first-order valence-electron chi connectivity index (χ1n) is 9.55. The molecule has 0 amide bonds. The predicted molar refractivity (Wildman–Crippen MR) is 135 cm³/mol. The summed E-state index contributed by atoms with van der Waals surface area (Å²) in [4.78, 5) is 5.23. The number of fused-ring (bicyclic) bond motifs is 6. The van der Waals surface area contributed by atoms with Crippen molar-refractivity contribution >= 4 is 75.8 Å². The normalized spacial score (nSPS) is 11.7. The van der Waals surface area contributed by atoms with E-state index in [1.165, 1.54) is 21.5 Å². The van der Waals surface area contributed by atoms with E-state index in [0.29, 0.717) is 0 Å². The molecule has 5 heteroatoms. The topological polar surface area (TPSA) is 17.8 Å². The molecule has 6 aromatic rings. The molecule has 0 aliphatic carbocycles. The number of para-hydroxylation sites is 1. The van der Waals surface area contributed by atoms with Gasteiger partial charge in [-0.1, -0.05) is 66.7 Å². The number of aromatic nitrogens is 2. The number of hydrogen-bond acceptors (Lipinski definition) is 2. The van der Waals surface area contributed by atoms with Crippen LogP contribution >= 0.6 is 43.2 Å². The molecule has 30 heavy (non-hydrogen) atoms. The zero-order valence-corrected chi connectivity index (χ0v) is 19.6. The molecule has 0 aliphatic heterocycles. The van der Waals surface area contributed by atoms with E-state index in [1.807, 2.05) is 6.07 Å². The molecule has 0 N–H and O–H groups in total. The summed E-state index contributed by atoms with van der Waals surface area (Å²) < 4.78 is 4.44. The third-order valence-corrected chi connectivity index (χ3v) is 7.78. The van der Waals surface area contributed by atoms with Crippen LogP contribution in [0, 0.1) is 0 Å². The lowest BCUT2D eigenvalue weighted by atomic mass is 10.00. The van der Waals surface area contributed by atoms with Crippen molar-refractivity contribution < 1.29 is 0 Å². The predicted octanol–water partition coefficient (Wildman–Crippen LogP) is 8.59. The lowest BCUT2D eigenvalue weighted by Crippen LogP contribution is -1.97. The number of rotatable bonds is 2. The molecule has 4 aromatic carbocycles. The van der Waals surface area contributed by atoms with Gasteiger partial charge >= 0.3 is 0 Å². The van der Waals surface area contributed by atoms with Gasteiger partial charge in [0.2, 0.25) is 0 Å². The molecule has 0 saturated heterocycles. The SMILES string of the molecule is Brc1cc(-c2nc3c4ccccc4c4ccccc4c3n2-c2ccccc2)c(Br)s1. The first-order valence-corrected chi connectivity index (χ1v) is 11.9. The molecule has 6 rings (SSSR count). The molecule has 2 heterocycles. The maximum absolute atomic E-state index is 5.23. The zero-order chi connectivity index (χ0) is 20.2. The molecule has 0 fully saturated rings. The van der Waals surface area contributed by atoms with Crippen molar-refractivity contribution in [2.45, 2.75) is 0 Å². The van der Waals surface area contributed by atoms with Gasteiger partial charge in [-0.05, 0) is 60.8 Å². The van der Waals surface area contributed by atoms with Crippen molar-refractivity contribution in [1.82, 2.24) is 9.55 Å². The van der Waals surface area contributed by atoms with Crippen molar-refractivity contribution in [2.24, 2.45) is 0 Å². The zero-order valence-electron chi connectivity index (χ0n) is 15.6. The third-order valence-electron chi connectivity index (χ3n) is 5.44. The van der Waals surface area contributed by atoms with Crippen LogP contribution in [0.25, 0.3) is 49.7 Å². The highest BCUT2D eigenvalue weighted by Gasteiger charge is 2.22. The smallest absolute Gasteiger partial charge is 0.147 e. The van der Waals surface area contributed by atoms with E-state index >= 15 is 0 Å².